The van der Waals surface area contributed by atoms with Gasteiger partial charge in [0.15, 0.2) is 0 Å². The van der Waals surface area contributed by atoms with Gasteiger partial charge in [0.2, 0.25) is 0 Å². The molecule has 1 aliphatic rings. The van der Waals surface area contributed by atoms with Crippen LogP contribution in [0.4, 0.5) is 0 Å². The molecule has 1 N–H and O–H groups in total. The first kappa shape index (κ1) is 12.5. The van der Waals surface area contributed by atoms with Crippen LogP contribution >= 0.6 is 0 Å². The zero-order chi connectivity index (χ0) is 11.9. The van der Waals surface area contributed by atoms with E-state index in [2.05, 4.69) is 16.0 Å². The lowest BCUT2D eigenvalue weighted by Crippen LogP contribution is -2.37. The number of piperidine rings is 1. The van der Waals surface area contributed by atoms with Crippen molar-refractivity contribution in [2.75, 3.05) is 26.3 Å². The molecule has 94 valence electrons. The summed E-state index contributed by atoms with van der Waals surface area (Å²) in [6, 6.07) is 6.03. The number of pyridine rings is 1. The molecule has 4 nitrogen and oxygen atoms in total. The van der Waals surface area contributed by atoms with Gasteiger partial charge in [0.25, 0.3) is 0 Å². The Bertz CT molecular complexity index is 310. The molecule has 1 aromatic rings. The van der Waals surface area contributed by atoms with Gasteiger partial charge in [-0.25, -0.2) is 0 Å². The number of likely N-dealkylation sites (tertiary alicyclic amines) is 1. The molecular weight excluding hydrogens is 216 g/mol. The largest absolute Gasteiger partial charge is 0.394 e. The Morgan fingerprint density at radius 3 is 2.82 bits per heavy atom. The van der Waals surface area contributed by atoms with Gasteiger partial charge in [0.05, 0.1) is 25.0 Å². The van der Waals surface area contributed by atoms with E-state index in [1.54, 1.807) is 0 Å². The van der Waals surface area contributed by atoms with Gasteiger partial charge >= 0.3 is 0 Å². The average molecular weight is 236 g/mol. The Labute approximate surface area is 102 Å². The average Bonchev–Trinajstić information content (AvgIpc) is 2.39. The molecule has 0 amide bonds. The summed E-state index contributed by atoms with van der Waals surface area (Å²) in [7, 11) is 0. The predicted molar refractivity (Wildman–Crippen MR) is 65.6 cm³/mol. The highest BCUT2D eigenvalue weighted by atomic mass is 16.5. The molecule has 1 aliphatic heterocycles. The fourth-order valence-corrected chi connectivity index (χ4v) is 2.17. The first-order chi connectivity index (χ1) is 8.38. The molecule has 1 aromatic heterocycles. The van der Waals surface area contributed by atoms with E-state index >= 15 is 0 Å². The number of ether oxygens (including phenoxy) is 1. The number of hydrogen-bond acceptors (Lipinski definition) is 4. The third-order valence-corrected chi connectivity index (χ3v) is 3.09. The van der Waals surface area contributed by atoms with Crippen molar-refractivity contribution in [1.29, 1.82) is 0 Å². The minimum absolute atomic E-state index is 0.119. The number of rotatable bonds is 5. The van der Waals surface area contributed by atoms with Crippen LogP contribution in [0.25, 0.3) is 0 Å². The second-order valence-electron chi connectivity index (χ2n) is 4.39. The van der Waals surface area contributed by atoms with Crippen molar-refractivity contribution in [3.63, 3.8) is 0 Å². The van der Waals surface area contributed by atoms with Gasteiger partial charge in [0, 0.05) is 25.8 Å². The van der Waals surface area contributed by atoms with Gasteiger partial charge in [-0.05, 0) is 25.0 Å². The summed E-state index contributed by atoms with van der Waals surface area (Å²) < 4.78 is 5.54. The van der Waals surface area contributed by atoms with Crippen LogP contribution in [0.1, 0.15) is 18.5 Å². The molecule has 0 aliphatic carbocycles. The maximum absolute atomic E-state index is 8.70. The molecule has 1 saturated heterocycles. The lowest BCUT2D eigenvalue weighted by Gasteiger charge is -2.31. The van der Waals surface area contributed by atoms with Crippen molar-refractivity contribution in [3.8, 4) is 0 Å². The second-order valence-corrected chi connectivity index (χ2v) is 4.39. The minimum atomic E-state index is 0.119. The quantitative estimate of drug-likeness (QED) is 0.830. The van der Waals surface area contributed by atoms with E-state index in [4.69, 9.17) is 9.84 Å². The van der Waals surface area contributed by atoms with E-state index in [0.29, 0.717) is 12.7 Å². The summed E-state index contributed by atoms with van der Waals surface area (Å²) in [5.74, 6) is 0. The topological polar surface area (TPSA) is 45.6 Å². The fourth-order valence-electron chi connectivity index (χ4n) is 2.17. The minimum Gasteiger partial charge on any atom is -0.394 e. The molecule has 0 unspecified atom stereocenters. The lowest BCUT2D eigenvalue weighted by atomic mass is 10.1. The SMILES string of the molecule is OCCOC1CCN(Cc2ccccn2)CC1. The molecule has 0 saturated carbocycles. The van der Waals surface area contributed by atoms with Crippen molar-refractivity contribution in [1.82, 2.24) is 9.88 Å². The number of aromatic nitrogens is 1. The molecule has 1 fully saturated rings. The molecule has 0 radical (unpaired) electrons. The van der Waals surface area contributed by atoms with Crippen molar-refractivity contribution >= 4 is 0 Å². The zero-order valence-corrected chi connectivity index (χ0v) is 10.1. The van der Waals surface area contributed by atoms with Crippen LogP contribution in [0.15, 0.2) is 24.4 Å². The standard InChI is InChI=1S/C13H20N2O2/c16-9-10-17-13-4-7-15(8-5-13)11-12-3-1-2-6-14-12/h1-3,6,13,16H,4-5,7-11H2. The molecule has 4 heteroatoms. The predicted octanol–water partition coefficient (Wildman–Crippen LogP) is 1.05. The number of hydrogen-bond donors (Lipinski definition) is 1. The Hall–Kier alpha value is -0.970. The zero-order valence-electron chi connectivity index (χ0n) is 10.1. The molecule has 0 aromatic carbocycles. The van der Waals surface area contributed by atoms with Crippen molar-refractivity contribution in [3.05, 3.63) is 30.1 Å². The van der Waals surface area contributed by atoms with E-state index in [1.165, 1.54) is 0 Å². The van der Waals surface area contributed by atoms with Crippen LogP contribution in [0.2, 0.25) is 0 Å². The van der Waals surface area contributed by atoms with Crippen molar-refractivity contribution < 1.29 is 9.84 Å². The number of aliphatic hydroxyl groups excluding tert-OH is 1. The van der Waals surface area contributed by atoms with Crippen LogP contribution in [0.3, 0.4) is 0 Å². The van der Waals surface area contributed by atoms with E-state index in [1.807, 2.05) is 18.3 Å². The lowest BCUT2D eigenvalue weighted by molar-refractivity contribution is -0.00918. The third kappa shape index (κ3) is 4.07. The Balaban J connectivity index is 1.72. The normalized spacial score (nSPS) is 18.4. The maximum Gasteiger partial charge on any atom is 0.0701 e. The first-order valence-electron chi connectivity index (χ1n) is 6.23. The van der Waals surface area contributed by atoms with Crippen molar-refractivity contribution in [2.45, 2.75) is 25.5 Å². The Morgan fingerprint density at radius 1 is 1.35 bits per heavy atom. The summed E-state index contributed by atoms with van der Waals surface area (Å²) in [4.78, 5) is 6.74. The summed E-state index contributed by atoms with van der Waals surface area (Å²) in [5.41, 5.74) is 1.13. The summed E-state index contributed by atoms with van der Waals surface area (Å²) >= 11 is 0. The molecule has 17 heavy (non-hydrogen) atoms. The van der Waals surface area contributed by atoms with Gasteiger partial charge in [-0.2, -0.15) is 0 Å². The highest BCUT2D eigenvalue weighted by molar-refractivity contribution is 5.03. The molecule has 2 rings (SSSR count). The molecular formula is C13H20N2O2. The monoisotopic (exact) mass is 236 g/mol. The number of aliphatic hydroxyl groups is 1. The van der Waals surface area contributed by atoms with Gasteiger partial charge in [-0.15, -0.1) is 0 Å². The van der Waals surface area contributed by atoms with Crippen molar-refractivity contribution in [2.24, 2.45) is 0 Å². The van der Waals surface area contributed by atoms with Crippen LogP contribution < -0.4 is 0 Å². The number of nitrogens with zero attached hydrogens (tertiary/aromatic N) is 2. The van der Waals surface area contributed by atoms with Crippen LogP contribution in [0, 0.1) is 0 Å². The Morgan fingerprint density at radius 2 is 2.18 bits per heavy atom. The molecule has 0 bridgehead atoms. The maximum atomic E-state index is 8.70. The summed E-state index contributed by atoms with van der Waals surface area (Å²) in [6.45, 7) is 3.60. The molecule has 2 heterocycles. The third-order valence-electron chi connectivity index (χ3n) is 3.09. The molecule has 0 atom stereocenters. The van der Waals surface area contributed by atoms with Crippen LogP contribution in [-0.2, 0) is 11.3 Å². The van der Waals surface area contributed by atoms with E-state index < -0.39 is 0 Å². The van der Waals surface area contributed by atoms with E-state index in [0.717, 1.165) is 38.2 Å². The van der Waals surface area contributed by atoms with Crippen LogP contribution in [-0.4, -0.2) is 47.4 Å². The second kappa shape index (κ2) is 6.69. The smallest absolute Gasteiger partial charge is 0.0701 e. The molecule has 0 spiro atoms. The first-order valence-corrected chi connectivity index (χ1v) is 6.23. The van der Waals surface area contributed by atoms with Gasteiger partial charge < -0.3 is 9.84 Å². The fraction of sp³-hybridized carbons (Fsp3) is 0.615. The highest BCUT2D eigenvalue weighted by Crippen LogP contribution is 2.15. The highest BCUT2D eigenvalue weighted by Gasteiger charge is 2.19. The Kier molecular flexibility index (Phi) is 4.91. The summed E-state index contributed by atoms with van der Waals surface area (Å²) in [5, 5.41) is 8.70. The van der Waals surface area contributed by atoms with Gasteiger partial charge in [-0.3, -0.25) is 9.88 Å². The van der Waals surface area contributed by atoms with Crippen LogP contribution in [0.5, 0.6) is 0 Å². The van der Waals surface area contributed by atoms with E-state index in [9.17, 15) is 0 Å². The van der Waals surface area contributed by atoms with Gasteiger partial charge in [-0.1, -0.05) is 6.07 Å². The van der Waals surface area contributed by atoms with Gasteiger partial charge in [0.1, 0.15) is 0 Å². The summed E-state index contributed by atoms with van der Waals surface area (Å²) in [6.07, 6.45) is 4.26. The van der Waals surface area contributed by atoms with E-state index in [-0.39, 0.29) is 6.61 Å².